The van der Waals surface area contributed by atoms with Crippen LogP contribution in [0, 0.1) is 20.8 Å². The zero-order valence-electron chi connectivity index (χ0n) is 11.1. The van der Waals surface area contributed by atoms with Crippen LogP contribution in [-0.4, -0.2) is 17.0 Å². The Kier molecular flexibility index (Phi) is 3.46. The summed E-state index contributed by atoms with van der Waals surface area (Å²) in [6.45, 7) is 6.02. The number of nitrogens with one attached hydrogen (secondary N) is 1. The van der Waals surface area contributed by atoms with Crippen LogP contribution in [0.15, 0.2) is 24.5 Å². The van der Waals surface area contributed by atoms with E-state index in [1.165, 1.54) is 11.9 Å². The lowest BCUT2D eigenvalue weighted by atomic mass is 10.1. The van der Waals surface area contributed by atoms with Gasteiger partial charge in [-0.1, -0.05) is 17.7 Å². The van der Waals surface area contributed by atoms with Crippen LogP contribution in [0.4, 0.5) is 5.82 Å². The van der Waals surface area contributed by atoms with Crippen molar-refractivity contribution in [2.24, 2.45) is 0 Å². The molecule has 0 spiro atoms. The quantitative estimate of drug-likeness (QED) is 0.899. The molecule has 0 amide bonds. The molecule has 1 N–H and O–H groups in total. The minimum absolute atomic E-state index is 0.585. The first kappa shape index (κ1) is 12.4. The highest BCUT2D eigenvalue weighted by atomic mass is 16.5. The van der Waals surface area contributed by atoms with E-state index >= 15 is 0 Å². The third-order valence-electron chi connectivity index (χ3n) is 2.81. The summed E-state index contributed by atoms with van der Waals surface area (Å²) in [6, 6.07) is 6.08. The molecule has 2 aromatic rings. The molecule has 18 heavy (non-hydrogen) atoms. The van der Waals surface area contributed by atoms with Gasteiger partial charge in [0.15, 0.2) is 0 Å². The second-order valence-corrected chi connectivity index (χ2v) is 4.27. The SMILES string of the molecule is CNc1ncnc(Oc2ccc(C)cc2C)c1C. The number of benzene rings is 1. The van der Waals surface area contributed by atoms with Crippen LogP contribution in [0.5, 0.6) is 11.6 Å². The average Bonchev–Trinajstić information content (AvgIpc) is 2.35. The maximum Gasteiger partial charge on any atom is 0.227 e. The number of aryl methyl sites for hydroxylation is 2. The number of ether oxygens (including phenoxy) is 1. The summed E-state index contributed by atoms with van der Waals surface area (Å²) in [4.78, 5) is 8.31. The van der Waals surface area contributed by atoms with Crippen LogP contribution in [0.2, 0.25) is 0 Å². The van der Waals surface area contributed by atoms with Gasteiger partial charge in [-0.25, -0.2) is 9.97 Å². The van der Waals surface area contributed by atoms with E-state index in [1.54, 1.807) is 0 Å². The zero-order chi connectivity index (χ0) is 13.1. The Morgan fingerprint density at radius 2 is 1.89 bits per heavy atom. The van der Waals surface area contributed by atoms with Crippen molar-refractivity contribution in [2.75, 3.05) is 12.4 Å². The molecule has 1 aromatic heterocycles. The molecular formula is C14H17N3O. The average molecular weight is 243 g/mol. The lowest BCUT2D eigenvalue weighted by molar-refractivity contribution is 0.454. The van der Waals surface area contributed by atoms with Gasteiger partial charge in [-0.2, -0.15) is 0 Å². The number of aromatic nitrogens is 2. The summed E-state index contributed by atoms with van der Waals surface area (Å²) >= 11 is 0. The Hall–Kier alpha value is -2.10. The van der Waals surface area contributed by atoms with Crippen molar-refractivity contribution >= 4 is 5.82 Å². The van der Waals surface area contributed by atoms with E-state index in [9.17, 15) is 0 Å². The maximum atomic E-state index is 5.85. The van der Waals surface area contributed by atoms with Gasteiger partial charge in [0, 0.05) is 7.05 Å². The van der Waals surface area contributed by atoms with Gasteiger partial charge in [-0.15, -0.1) is 0 Å². The Morgan fingerprint density at radius 1 is 1.11 bits per heavy atom. The van der Waals surface area contributed by atoms with E-state index in [-0.39, 0.29) is 0 Å². The van der Waals surface area contributed by atoms with E-state index in [2.05, 4.69) is 28.3 Å². The Balaban J connectivity index is 2.34. The number of rotatable bonds is 3. The van der Waals surface area contributed by atoms with Crippen molar-refractivity contribution in [3.63, 3.8) is 0 Å². The molecule has 0 saturated carbocycles. The molecule has 0 atom stereocenters. The Morgan fingerprint density at radius 3 is 2.56 bits per heavy atom. The van der Waals surface area contributed by atoms with Gasteiger partial charge in [0.2, 0.25) is 5.88 Å². The van der Waals surface area contributed by atoms with Gasteiger partial charge in [-0.3, -0.25) is 0 Å². The van der Waals surface area contributed by atoms with E-state index in [0.29, 0.717) is 5.88 Å². The number of anilines is 1. The smallest absolute Gasteiger partial charge is 0.227 e. The highest BCUT2D eigenvalue weighted by molar-refractivity contribution is 5.49. The Bertz CT molecular complexity index is 567. The zero-order valence-corrected chi connectivity index (χ0v) is 11.1. The van der Waals surface area contributed by atoms with Crippen molar-refractivity contribution in [3.05, 3.63) is 41.2 Å². The summed E-state index contributed by atoms with van der Waals surface area (Å²) in [7, 11) is 1.83. The molecule has 2 rings (SSSR count). The van der Waals surface area contributed by atoms with Crippen molar-refractivity contribution < 1.29 is 4.74 Å². The maximum absolute atomic E-state index is 5.85. The molecule has 0 aliphatic carbocycles. The van der Waals surface area contributed by atoms with Gasteiger partial charge < -0.3 is 10.1 Å². The fraction of sp³-hybridized carbons (Fsp3) is 0.286. The van der Waals surface area contributed by atoms with Crippen molar-refractivity contribution in [1.82, 2.24) is 9.97 Å². The molecule has 0 bridgehead atoms. The fourth-order valence-electron chi connectivity index (χ4n) is 1.81. The predicted octanol–water partition coefficient (Wildman–Crippen LogP) is 3.24. The molecule has 1 aromatic carbocycles. The minimum Gasteiger partial charge on any atom is -0.438 e. The molecule has 0 radical (unpaired) electrons. The lowest BCUT2D eigenvalue weighted by Gasteiger charge is -2.12. The normalized spacial score (nSPS) is 10.2. The van der Waals surface area contributed by atoms with Crippen LogP contribution < -0.4 is 10.1 Å². The summed E-state index contributed by atoms with van der Waals surface area (Å²) < 4.78 is 5.85. The van der Waals surface area contributed by atoms with Crippen LogP contribution >= 0.6 is 0 Å². The van der Waals surface area contributed by atoms with Crippen LogP contribution in [0.25, 0.3) is 0 Å². The second-order valence-electron chi connectivity index (χ2n) is 4.27. The molecule has 0 unspecified atom stereocenters. The number of hydrogen-bond acceptors (Lipinski definition) is 4. The molecule has 94 valence electrons. The van der Waals surface area contributed by atoms with Gasteiger partial charge in [0.05, 0.1) is 5.56 Å². The predicted molar refractivity (Wildman–Crippen MR) is 72.3 cm³/mol. The summed E-state index contributed by atoms with van der Waals surface area (Å²) in [6.07, 6.45) is 1.50. The first-order chi connectivity index (χ1) is 8.61. The van der Waals surface area contributed by atoms with E-state index in [0.717, 1.165) is 22.7 Å². The molecule has 4 nitrogen and oxygen atoms in total. The molecule has 0 aliphatic heterocycles. The van der Waals surface area contributed by atoms with Crippen LogP contribution in [0.1, 0.15) is 16.7 Å². The standard InChI is InChI=1S/C14H17N3O/c1-9-5-6-12(10(2)7-9)18-14-11(3)13(15-4)16-8-17-14/h5-8H,1-4H3,(H,15,16,17). The molecule has 0 saturated heterocycles. The highest BCUT2D eigenvalue weighted by Crippen LogP contribution is 2.28. The lowest BCUT2D eigenvalue weighted by Crippen LogP contribution is -2.00. The summed E-state index contributed by atoms with van der Waals surface area (Å²) in [5, 5.41) is 3.01. The first-order valence-electron chi connectivity index (χ1n) is 5.86. The molecule has 4 heteroatoms. The first-order valence-corrected chi connectivity index (χ1v) is 5.86. The largest absolute Gasteiger partial charge is 0.438 e. The summed E-state index contributed by atoms with van der Waals surface area (Å²) in [5.41, 5.74) is 3.22. The van der Waals surface area contributed by atoms with Crippen LogP contribution in [-0.2, 0) is 0 Å². The second kappa shape index (κ2) is 5.04. The molecule has 0 aliphatic rings. The van der Waals surface area contributed by atoms with Gasteiger partial charge in [0.25, 0.3) is 0 Å². The minimum atomic E-state index is 0.585. The van der Waals surface area contributed by atoms with Crippen molar-refractivity contribution in [2.45, 2.75) is 20.8 Å². The third-order valence-corrected chi connectivity index (χ3v) is 2.81. The Labute approximate surface area is 107 Å². The monoisotopic (exact) mass is 243 g/mol. The number of nitrogens with zero attached hydrogens (tertiary/aromatic N) is 2. The van der Waals surface area contributed by atoms with E-state index < -0.39 is 0 Å². The molecule has 0 fully saturated rings. The van der Waals surface area contributed by atoms with Crippen LogP contribution in [0.3, 0.4) is 0 Å². The van der Waals surface area contributed by atoms with Crippen molar-refractivity contribution in [3.8, 4) is 11.6 Å². The molecule has 1 heterocycles. The van der Waals surface area contributed by atoms with E-state index in [4.69, 9.17) is 4.74 Å². The van der Waals surface area contributed by atoms with Gasteiger partial charge in [-0.05, 0) is 32.4 Å². The number of hydrogen-bond donors (Lipinski definition) is 1. The van der Waals surface area contributed by atoms with E-state index in [1.807, 2.05) is 33.0 Å². The molecular weight excluding hydrogens is 226 g/mol. The highest BCUT2D eigenvalue weighted by Gasteiger charge is 2.09. The topological polar surface area (TPSA) is 47.0 Å². The summed E-state index contributed by atoms with van der Waals surface area (Å²) in [5.74, 6) is 2.19. The fourth-order valence-corrected chi connectivity index (χ4v) is 1.81. The van der Waals surface area contributed by atoms with Gasteiger partial charge in [0.1, 0.15) is 17.9 Å². The third kappa shape index (κ3) is 2.42. The van der Waals surface area contributed by atoms with Gasteiger partial charge >= 0.3 is 0 Å². The van der Waals surface area contributed by atoms with Crippen molar-refractivity contribution in [1.29, 1.82) is 0 Å².